The van der Waals surface area contributed by atoms with E-state index in [0.29, 0.717) is 48.9 Å². The van der Waals surface area contributed by atoms with E-state index >= 15 is 0 Å². The number of ether oxygens (including phenoxy) is 2. The lowest BCUT2D eigenvalue weighted by atomic mass is 10.2. The summed E-state index contributed by atoms with van der Waals surface area (Å²) in [5.74, 6) is 1.18. The second kappa shape index (κ2) is 12.9. The van der Waals surface area contributed by atoms with Gasteiger partial charge in [0, 0.05) is 12.8 Å². The van der Waals surface area contributed by atoms with E-state index in [-0.39, 0.29) is 28.5 Å². The highest BCUT2D eigenvalue weighted by atomic mass is 28.4. The minimum Gasteiger partial charge on any atom is -0.471 e. The van der Waals surface area contributed by atoms with Crippen LogP contribution in [0.5, 0.6) is 5.88 Å². The summed E-state index contributed by atoms with van der Waals surface area (Å²) in [7, 11) is -4.05. The Hall–Kier alpha value is -2.38. The van der Waals surface area contributed by atoms with Crippen molar-refractivity contribution in [1.29, 1.82) is 0 Å². The van der Waals surface area contributed by atoms with Gasteiger partial charge < -0.3 is 18.3 Å². The number of hydrogen-bond donors (Lipinski definition) is 0. The van der Waals surface area contributed by atoms with Gasteiger partial charge in [-0.15, -0.1) is 6.58 Å². The molecule has 3 heterocycles. The van der Waals surface area contributed by atoms with Crippen LogP contribution >= 0.6 is 0 Å². The first-order valence-corrected chi connectivity index (χ1v) is 21.3. The average Bonchev–Trinajstić information content (AvgIpc) is 3.52. The lowest BCUT2D eigenvalue weighted by Crippen LogP contribution is -2.48. The largest absolute Gasteiger partial charge is 0.471 e. The van der Waals surface area contributed by atoms with Crippen molar-refractivity contribution in [2.75, 3.05) is 6.61 Å². The summed E-state index contributed by atoms with van der Waals surface area (Å²) >= 11 is 0. The quantitative estimate of drug-likeness (QED) is 0.148. The maximum atomic E-state index is 7.00. The molecule has 0 N–H and O–H groups in total. The van der Waals surface area contributed by atoms with E-state index in [2.05, 4.69) is 74.3 Å². The lowest BCUT2D eigenvalue weighted by molar-refractivity contribution is -0.0383. The van der Waals surface area contributed by atoms with Gasteiger partial charge in [0.15, 0.2) is 27.8 Å². The van der Waals surface area contributed by atoms with E-state index in [1.807, 2.05) is 41.0 Å². The first-order valence-electron chi connectivity index (χ1n) is 15.5. The molecule has 0 amide bonds. The molecule has 1 fully saturated rings. The summed E-state index contributed by atoms with van der Waals surface area (Å²) in [4.78, 5) is 14.4. The number of hydrogen-bond acceptors (Lipinski definition) is 7. The normalized spacial score (nSPS) is 20.1. The van der Waals surface area contributed by atoms with Crippen LogP contribution < -0.4 is 4.74 Å². The fourth-order valence-electron chi connectivity index (χ4n) is 4.52. The smallest absolute Gasteiger partial charge is 0.246 e. The van der Waals surface area contributed by atoms with Crippen molar-refractivity contribution >= 4 is 27.8 Å². The zero-order chi connectivity index (χ0) is 31.6. The Morgan fingerprint density at radius 3 is 2.30 bits per heavy atom. The summed E-state index contributed by atoms with van der Waals surface area (Å²) in [5.41, 5.74) is 2.40. The van der Waals surface area contributed by atoms with E-state index in [0.717, 1.165) is 12.0 Å². The molecule has 8 nitrogen and oxygen atoms in total. The van der Waals surface area contributed by atoms with Crippen molar-refractivity contribution in [3.63, 3.8) is 0 Å². The molecule has 0 radical (unpaired) electrons. The molecule has 0 spiro atoms. The molecule has 4 rings (SSSR count). The Balaban J connectivity index is 1.66. The van der Waals surface area contributed by atoms with Crippen LogP contribution in [0.4, 0.5) is 0 Å². The lowest BCUT2D eigenvalue weighted by Gasteiger charge is -2.40. The third kappa shape index (κ3) is 7.83. The Kier molecular flexibility index (Phi) is 10.1. The molecule has 1 aliphatic rings. The average molecular weight is 625 g/mol. The molecule has 1 aliphatic heterocycles. The first kappa shape index (κ1) is 33.5. The fraction of sp³-hybridized carbons (Fsp3) is 0.606. The Bertz CT molecular complexity index is 1380. The maximum Gasteiger partial charge on any atom is 0.246 e. The second-order valence-corrected chi connectivity index (χ2v) is 24.3. The molecule has 236 valence electrons. The Morgan fingerprint density at radius 1 is 1.00 bits per heavy atom. The molecule has 43 heavy (non-hydrogen) atoms. The van der Waals surface area contributed by atoms with Gasteiger partial charge in [0.1, 0.15) is 24.8 Å². The van der Waals surface area contributed by atoms with Gasteiger partial charge >= 0.3 is 0 Å². The molecule has 0 saturated carbocycles. The number of aryl methyl sites for hydroxylation is 1. The SMILES string of the molecule is C=CCCc1nc(OCc2ccccc2)c2ncn([C@H]3C[C@H](O[Si](C)(C)C(C)(C)C)[C@@H](CO[Si](C)(C)C(C)(C)C)O3)c2n1. The highest BCUT2D eigenvalue weighted by molar-refractivity contribution is 6.74. The summed E-state index contributed by atoms with van der Waals surface area (Å²) < 4.78 is 28.7. The van der Waals surface area contributed by atoms with Crippen LogP contribution in [-0.4, -0.2) is 55.0 Å². The van der Waals surface area contributed by atoms with Crippen molar-refractivity contribution in [3.8, 4) is 5.88 Å². The predicted molar refractivity (Wildman–Crippen MR) is 178 cm³/mol. The standard InChI is InChI=1S/C33H52N4O4Si2/c1-12-13-19-27-35-30-29(31(36-27)38-21-24-17-15-14-16-18-24)34-23-37(30)28-20-25(41-43(10,11)33(5,6)7)26(40-28)22-39-42(8,9)32(2,3)4/h12,14-18,23,25-26,28H,1,13,19-22H2,2-11H3/t25-,26+,28+/m0/s1. The van der Waals surface area contributed by atoms with Crippen molar-refractivity contribution in [3.05, 3.63) is 60.7 Å². The third-order valence-electron chi connectivity index (χ3n) is 9.38. The molecule has 3 atom stereocenters. The van der Waals surface area contributed by atoms with Crippen molar-refractivity contribution < 1.29 is 18.3 Å². The van der Waals surface area contributed by atoms with Crippen molar-refractivity contribution in [2.24, 2.45) is 0 Å². The van der Waals surface area contributed by atoms with Crippen LogP contribution in [0.25, 0.3) is 11.2 Å². The molecule has 3 aromatic rings. The van der Waals surface area contributed by atoms with Crippen molar-refractivity contribution in [1.82, 2.24) is 19.5 Å². The molecule has 2 aromatic heterocycles. The van der Waals surface area contributed by atoms with E-state index in [1.54, 1.807) is 6.33 Å². The Labute approximate surface area is 260 Å². The second-order valence-electron chi connectivity index (χ2n) is 14.7. The van der Waals surface area contributed by atoms with Gasteiger partial charge in [0.25, 0.3) is 0 Å². The molecule has 0 aliphatic carbocycles. The van der Waals surface area contributed by atoms with Gasteiger partial charge in [-0.2, -0.15) is 4.98 Å². The molecule has 1 aromatic carbocycles. The van der Waals surface area contributed by atoms with E-state index in [4.69, 9.17) is 33.3 Å². The fourth-order valence-corrected chi connectivity index (χ4v) is 6.89. The molecule has 0 unspecified atom stereocenters. The van der Waals surface area contributed by atoms with Crippen LogP contribution in [0.1, 0.15) is 72.0 Å². The molecule has 10 heteroatoms. The topological polar surface area (TPSA) is 80.5 Å². The predicted octanol–water partition coefficient (Wildman–Crippen LogP) is 8.22. The Morgan fingerprint density at radius 2 is 1.67 bits per heavy atom. The molecular formula is C33H52N4O4Si2. The molecular weight excluding hydrogens is 573 g/mol. The van der Waals surface area contributed by atoms with Gasteiger partial charge in [-0.1, -0.05) is 78.0 Å². The van der Waals surface area contributed by atoms with Gasteiger partial charge in [-0.25, -0.2) is 9.97 Å². The van der Waals surface area contributed by atoms with Crippen LogP contribution in [0.2, 0.25) is 36.3 Å². The highest BCUT2D eigenvalue weighted by Gasteiger charge is 2.47. The number of aromatic nitrogens is 4. The molecule has 0 bridgehead atoms. The number of allylic oxidation sites excluding steroid dienone is 1. The highest BCUT2D eigenvalue weighted by Crippen LogP contribution is 2.43. The van der Waals surface area contributed by atoms with Gasteiger partial charge in [-0.05, 0) is 48.2 Å². The number of benzene rings is 1. The minimum atomic E-state index is -2.07. The van der Waals surface area contributed by atoms with Crippen LogP contribution in [0.3, 0.4) is 0 Å². The number of imidazole rings is 1. The number of nitrogens with zero attached hydrogens (tertiary/aromatic N) is 4. The minimum absolute atomic E-state index is 0.0793. The number of fused-ring (bicyclic) bond motifs is 1. The molecule has 1 saturated heterocycles. The van der Waals surface area contributed by atoms with Crippen LogP contribution in [0.15, 0.2) is 49.3 Å². The van der Waals surface area contributed by atoms with E-state index in [1.165, 1.54) is 0 Å². The van der Waals surface area contributed by atoms with E-state index in [9.17, 15) is 0 Å². The third-order valence-corrected chi connectivity index (χ3v) is 18.4. The zero-order valence-corrected chi connectivity index (χ0v) is 29.9. The maximum absolute atomic E-state index is 7.00. The summed E-state index contributed by atoms with van der Waals surface area (Å²) in [6.45, 7) is 27.6. The van der Waals surface area contributed by atoms with E-state index < -0.39 is 16.6 Å². The number of rotatable bonds is 12. The summed E-state index contributed by atoms with van der Waals surface area (Å²) in [6.07, 6.45) is 5.23. The van der Waals surface area contributed by atoms with Gasteiger partial charge in [0.05, 0.1) is 19.0 Å². The van der Waals surface area contributed by atoms with Gasteiger partial charge in [-0.3, -0.25) is 4.57 Å². The summed E-state index contributed by atoms with van der Waals surface area (Å²) in [6, 6.07) is 10.1. The van der Waals surface area contributed by atoms with Gasteiger partial charge in [0.2, 0.25) is 5.88 Å². The summed E-state index contributed by atoms with van der Waals surface area (Å²) in [5, 5.41) is 0.187. The zero-order valence-electron chi connectivity index (χ0n) is 27.9. The van der Waals surface area contributed by atoms with Crippen molar-refractivity contribution in [2.45, 2.75) is 122 Å². The van der Waals surface area contributed by atoms with Crippen LogP contribution in [-0.2, 0) is 26.6 Å². The monoisotopic (exact) mass is 624 g/mol. The van der Waals surface area contributed by atoms with Crippen LogP contribution in [0, 0.1) is 0 Å². The first-order chi connectivity index (χ1) is 20.0.